The molecule has 0 spiro atoms. The van der Waals surface area contributed by atoms with Gasteiger partial charge in [-0.3, -0.25) is 4.79 Å². The number of rotatable bonds is 3. The molecule has 0 saturated carbocycles. The molecule has 120 valence electrons. The molecule has 0 N–H and O–H groups in total. The van der Waals surface area contributed by atoms with Gasteiger partial charge in [-0.15, -0.1) is 6.58 Å². The van der Waals surface area contributed by atoms with Gasteiger partial charge in [0.2, 0.25) is 0 Å². The molecular weight excluding hydrogens is 304 g/mol. The number of benzene rings is 2. The topological polar surface area (TPSA) is 66.8 Å². The molecule has 0 unspecified atom stereocenters. The highest BCUT2D eigenvalue weighted by atomic mass is 16.2. The summed E-state index contributed by atoms with van der Waals surface area (Å²) in [4.78, 5) is 35.1. The second-order valence-corrected chi connectivity index (χ2v) is 5.10. The van der Waals surface area contributed by atoms with Gasteiger partial charge in [0.05, 0.1) is 11.4 Å². The van der Waals surface area contributed by atoms with Gasteiger partial charge in [0, 0.05) is 12.1 Å². The first-order chi connectivity index (χ1) is 11.6. The minimum atomic E-state index is -0.0700. The number of fused-ring (bicyclic) bond motifs is 1. The minimum absolute atomic E-state index is 0.0700. The van der Waals surface area contributed by atoms with E-state index in [-0.39, 0.29) is 12.1 Å². The Bertz CT molecular complexity index is 820. The molecule has 1 amide bonds. The molecular formula is C19H16N2O3. The maximum absolute atomic E-state index is 12.6. The highest BCUT2D eigenvalue weighted by molar-refractivity contribution is 6.54. The maximum atomic E-state index is 12.6. The fourth-order valence-electron chi connectivity index (χ4n) is 2.48. The Labute approximate surface area is 139 Å². The van der Waals surface area contributed by atoms with Crippen molar-refractivity contribution in [2.75, 3.05) is 11.4 Å². The number of aliphatic imine (C=N–C) groups is 1. The second kappa shape index (κ2) is 7.81. The van der Waals surface area contributed by atoms with Crippen molar-refractivity contribution < 1.29 is 14.4 Å². The predicted molar refractivity (Wildman–Crippen MR) is 91.4 cm³/mol. The van der Waals surface area contributed by atoms with E-state index in [0.717, 1.165) is 22.5 Å². The number of carbonyl (C=O) groups excluding carboxylic acids is 3. The highest BCUT2D eigenvalue weighted by Crippen LogP contribution is 2.31. The van der Waals surface area contributed by atoms with Crippen LogP contribution in [-0.2, 0) is 14.4 Å². The maximum Gasteiger partial charge on any atom is 0.373 e. The average Bonchev–Trinajstić information content (AvgIpc) is 2.82. The molecule has 24 heavy (non-hydrogen) atoms. The molecule has 2 aromatic rings. The normalized spacial score (nSPS) is 13.8. The lowest BCUT2D eigenvalue weighted by molar-refractivity contribution is -0.191. The summed E-state index contributed by atoms with van der Waals surface area (Å²) in [6, 6.07) is 15.5. The highest BCUT2D eigenvalue weighted by Gasteiger charge is 2.33. The van der Waals surface area contributed by atoms with Crippen molar-refractivity contribution in [3.63, 3.8) is 0 Å². The smallest absolute Gasteiger partial charge is 0.303 e. The Hall–Kier alpha value is -3.30. The molecule has 3 rings (SSSR count). The monoisotopic (exact) mass is 320 g/mol. The molecule has 1 aliphatic rings. The molecule has 0 fully saturated rings. The third-order valence-electron chi connectivity index (χ3n) is 3.45. The van der Waals surface area contributed by atoms with Gasteiger partial charge >= 0.3 is 6.15 Å². The van der Waals surface area contributed by atoms with Crippen LogP contribution in [0.5, 0.6) is 0 Å². The lowest BCUT2D eigenvalue weighted by atomic mass is 10.1. The van der Waals surface area contributed by atoms with Crippen LogP contribution in [0.4, 0.5) is 11.4 Å². The van der Waals surface area contributed by atoms with E-state index < -0.39 is 0 Å². The number of carbonyl (C=O) groups is 1. The summed E-state index contributed by atoms with van der Waals surface area (Å²) in [6.45, 7) is 6.23. The summed E-state index contributed by atoms with van der Waals surface area (Å²) in [6.07, 6.45) is 1.98. The first-order valence-corrected chi connectivity index (χ1v) is 7.29. The van der Waals surface area contributed by atoms with E-state index in [2.05, 4.69) is 11.6 Å². The van der Waals surface area contributed by atoms with Gasteiger partial charge in [0.25, 0.3) is 5.91 Å². The van der Waals surface area contributed by atoms with E-state index in [4.69, 9.17) is 9.59 Å². The Morgan fingerprint density at radius 3 is 2.46 bits per heavy atom. The van der Waals surface area contributed by atoms with Crippen molar-refractivity contribution in [3.8, 4) is 0 Å². The predicted octanol–water partition coefficient (Wildman–Crippen LogP) is 3.06. The number of aryl methyl sites for hydroxylation is 1. The fourth-order valence-corrected chi connectivity index (χ4v) is 2.48. The zero-order valence-electron chi connectivity index (χ0n) is 13.2. The SMILES string of the molecule is C=CCN1C(=O)C(=Nc2ccccc2)c2cc(C)ccc21.O=C=O. The van der Waals surface area contributed by atoms with Crippen LogP contribution in [0.2, 0.25) is 0 Å². The lowest BCUT2D eigenvalue weighted by Gasteiger charge is -2.13. The van der Waals surface area contributed by atoms with Crippen molar-refractivity contribution in [3.05, 3.63) is 72.3 Å². The van der Waals surface area contributed by atoms with Crippen LogP contribution >= 0.6 is 0 Å². The molecule has 2 aromatic carbocycles. The largest absolute Gasteiger partial charge is 0.373 e. The third-order valence-corrected chi connectivity index (χ3v) is 3.45. The Morgan fingerprint density at radius 2 is 1.83 bits per heavy atom. The molecule has 0 radical (unpaired) electrons. The van der Waals surface area contributed by atoms with Crippen LogP contribution in [-0.4, -0.2) is 24.3 Å². The van der Waals surface area contributed by atoms with Gasteiger partial charge in [-0.2, -0.15) is 9.59 Å². The Kier molecular flexibility index (Phi) is 5.55. The van der Waals surface area contributed by atoms with Crippen LogP contribution in [0.1, 0.15) is 11.1 Å². The molecule has 5 nitrogen and oxygen atoms in total. The van der Waals surface area contributed by atoms with E-state index in [1.54, 1.807) is 11.0 Å². The Balaban J connectivity index is 0.000000647. The summed E-state index contributed by atoms with van der Waals surface area (Å²) in [5.74, 6) is -0.0700. The summed E-state index contributed by atoms with van der Waals surface area (Å²) < 4.78 is 0. The number of nitrogens with zero attached hydrogens (tertiary/aromatic N) is 2. The van der Waals surface area contributed by atoms with Crippen LogP contribution in [0, 0.1) is 6.92 Å². The molecule has 0 aliphatic carbocycles. The molecule has 5 heteroatoms. The van der Waals surface area contributed by atoms with Crippen molar-refractivity contribution in [2.24, 2.45) is 4.99 Å². The van der Waals surface area contributed by atoms with Gasteiger partial charge < -0.3 is 4.90 Å². The van der Waals surface area contributed by atoms with E-state index in [0.29, 0.717) is 12.3 Å². The number of anilines is 1. The average molecular weight is 320 g/mol. The van der Waals surface area contributed by atoms with Gasteiger partial charge in [-0.05, 0) is 31.2 Å². The van der Waals surface area contributed by atoms with Crippen molar-refractivity contribution >= 4 is 29.1 Å². The van der Waals surface area contributed by atoms with Crippen LogP contribution in [0.3, 0.4) is 0 Å². The quantitative estimate of drug-likeness (QED) is 0.816. The zero-order chi connectivity index (χ0) is 17.5. The van der Waals surface area contributed by atoms with Crippen LogP contribution in [0.25, 0.3) is 0 Å². The van der Waals surface area contributed by atoms with E-state index in [1.807, 2.05) is 55.5 Å². The molecule has 0 aromatic heterocycles. The number of para-hydroxylation sites is 1. The van der Waals surface area contributed by atoms with Gasteiger partial charge in [0.15, 0.2) is 0 Å². The Morgan fingerprint density at radius 1 is 1.17 bits per heavy atom. The zero-order valence-corrected chi connectivity index (χ0v) is 13.2. The summed E-state index contributed by atoms with van der Waals surface area (Å²) >= 11 is 0. The van der Waals surface area contributed by atoms with Crippen LogP contribution in [0.15, 0.2) is 66.2 Å². The molecule has 0 saturated heterocycles. The third kappa shape index (κ3) is 3.54. The number of amides is 1. The molecule has 0 atom stereocenters. The summed E-state index contributed by atoms with van der Waals surface area (Å²) in [7, 11) is 0. The summed E-state index contributed by atoms with van der Waals surface area (Å²) in [5, 5.41) is 0. The van der Waals surface area contributed by atoms with Crippen molar-refractivity contribution in [1.82, 2.24) is 0 Å². The van der Waals surface area contributed by atoms with Crippen molar-refractivity contribution in [2.45, 2.75) is 6.92 Å². The van der Waals surface area contributed by atoms with Crippen molar-refractivity contribution in [1.29, 1.82) is 0 Å². The number of hydrogen-bond acceptors (Lipinski definition) is 4. The van der Waals surface area contributed by atoms with Gasteiger partial charge in [0.1, 0.15) is 5.71 Å². The molecule has 0 bridgehead atoms. The van der Waals surface area contributed by atoms with E-state index in [1.165, 1.54) is 0 Å². The summed E-state index contributed by atoms with van der Waals surface area (Å²) in [5.41, 5.74) is 4.20. The van der Waals surface area contributed by atoms with E-state index in [9.17, 15) is 4.79 Å². The number of hydrogen-bond donors (Lipinski definition) is 0. The van der Waals surface area contributed by atoms with Gasteiger partial charge in [-0.25, -0.2) is 4.99 Å². The van der Waals surface area contributed by atoms with Crippen LogP contribution < -0.4 is 4.90 Å². The first kappa shape index (κ1) is 17.1. The molecule has 1 heterocycles. The lowest BCUT2D eigenvalue weighted by Crippen LogP contribution is -2.30. The van der Waals surface area contributed by atoms with Gasteiger partial charge in [-0.1, -0.05) is 35.9 Å². The minimum Gasteiger partial charge on any atom is -0.303 e. The fraction of sp³-hybridized carbons (Fsp3) is 0.105. The first-order valence-electron chi connectivity index (χ1n) is 7.29. The van der Waals surface area contributed by atoms with E-state index >= 15 is 0 Å². The second-order valence-electron chi connectivity index (χ2n) is 5.10. The molecule has 1 aliphatic heterocycles. The standard InChI is InChI=1S/C18H16N2O.CO2/c1-3-11-20-16-10-9-13(2)12-15(16)17(18(20)21)19-14-7-5-4-6-8-14;2-1-3/h3-10,12H,1,11H2,2H3;.